The number of carbonyl (C=O) groups excluding carboxylic acids is 3. The van der Waals surface area contributed by atoms with Crippen LogP contribution in [0.25, 0.3) is 0 Å². The van der Waals surface area contributed by atoms with E-state index in [0.717, 1.165) is 12.8 Å². The number of benzene rings is 1. The Kier molecular flexibility index (Phi) is 4.95. The Morgan fingerprint density at radius 3 is 1.72 bits per heavy atom. The maximum Gasteiger partial charge on any atom is 0.162 e. The second-order valence-electron chi connectivity index (χ2n) is 4.44. The summed E-state index contributed by atoms with van der Waals surface area (Å²) in [5.74, 6) is -0.285. The van der Waals surface area contributed by atoms with Crippen molar-refractivity contribution >= 4 is 17.3 Å². The Hall–Kier alpha value is -1.77. The molecular formula is C15H18O3. The van der Waals surface area contributed by atoms with E-state index >= 15 is 0 Å². The van der Waals surface area contributed by atoms with Gasteiger partial charge in [0.15, 0.2) is 17.3 Å². The summed E-state index contributed by atoms with van der Waals surface area (Å²) in [6.45, 7) is 4.87. The lowest BCUT2D eigenvalue weighted by Gasteiger charge is -2.05. The molecule has 1 rings (SSSR count). The van der Waals surface area contributed by atoms with Gasteiger partial charge in [-0.25, -0.2) is 0 Å². The molecule has 0 saturated heterocycles. The molecule has 0 amide bonds. The summed E-state index contributed by atoms with van der Waals surface area (Å²) in [6, 6.07) is 4.70. The van der Waals surface area contributed by atoms with Crippen LogP contribution >= 0.6 is 0 Å². The van der Waals surface area contributed by atoms with E-state index in [1.807, 2.05) is 6.92 Å². The van der Waals surface area contributed by atoms with Crippen molar-refractivity contribution < 1.29 is 14.4 Å². The molecule has 0 N–H and O–H groups in total. The Balaban J connectivity index is 3.14. The first-order valence-corrected chi connectivity index (χ1v) is 6.16. The molecular weight excluding hydrogens is 228 g/mol. The molecule has 1 aromatic rings. The number of ketones is 3. The lowest BCUT2D eigenvalue weighted by molar-refractivity contribution is 0.0979. The van der Waals surface area contributed by atoms with Crippen LogP contribution in [0, 0.1) is 0 Å². The van der Waals surface area contributed by atoms with Gasteiger partial charge in [0.05, 0.1) is 0 Å². The van der Waals surface area contributed by atoms with Crippen LogP contribution in [0.5, 0.6) is 0 Å². The first-order chi connectivity index (χ1) is 8.45. The van der Waals surface area contributed by atoms with Crippen LogP contribution in [0.15, 0.2) is 18.2 Å². The summed E-state index contributed by atoms with van der Waals surface area (Å²) in [4.78, 5) is 34.7. The van der Waals surface area contributed by atoms with E-state index < -0.39 is 0 Å². The third-order valence-corrected chi connectivity index (χ3v) is 2.83. The summed E-state index contributed by atoms with van der Waals surface area (Å²) >= 11 is 0. The SMILES string of the molecule is CCCCC(=O)c1cc(C(C)=O)cc(C(C)=O)c1. The average molecular weight is 246 g/mol. The standard InChI is InChI=1S/C15H18O3/c1-4-5-6-15(18)14-8-12(10(2)16)7-13(9-14)11(3)17/h7-9H,4-6H2,1-3H3. The van der Waals surface area contributed by atoms with Gasteiger partial charge in [0.2, 0.25) is 0 Å². The number of carbonyl (C=O) groups is 3. The predicted octanol–water partition coefficient (Wildman–Crippen LogP) is 3.46. The van der Waals surface area contributed by atoms with E-state index in [9.17, 15) is 14.4 Å². The van der Waals surface area contributed by atoms with Crippen molar-refractivity contribution in [3.63, 3.8) is 0 Å². The Bertz CT molecular complexity index is 454. The van der Waals surface area contributed by atoms with Gasteiger partial charge in [-0.3, -0.25) is 14.4 Å². The highest BCUT2D eigenvalue weighted by atomic mass is 16.1. The van der Waals surface area contributed by atoms with E-state index in [1.165, 1.54) is 13.8 Å². The first kappa shape index (κ1) is 14.3. The molecule has 0 aliphatic heterocycles. The summed E-state index contributed by atoms with van der Waals surface area (Å²) < 4.78 is 0. The first-order valence-electron chi connectivity index (χ1n) is 6.16. The van der Waals surface area contributed by atoms with Crippen LogP contribution in [0.1, 0.15) is 71.1 Å². The van der Waals surface area contributed by atoms with Crippen molar-refractivity contribution in [3.8, 4) is 0 Å². The predicted molar refractivity (Wildman–Crippen MR) is 70.3 cm³/mol. The number of rotatable bonds is 6. The molecule has 1 aromatic carbocycles. The summed E-state index contributed by atoms with van der Waals surface area (Å²) in [6.07, 6.45) is 2.21. The molecule has 0 spiro atoms. The van der Waals surface area contributed by atoms with E-state index in [1.54, 1.807) is 18.2 Å². The van der Waals surface area contributed by atoms with Crippen LogP contribution < -0.4 is 0 Å². The van der Waals surface area contributed by atoms with Crippen molar-refractivity contribution in [2.24, 2.45) is 0 Å². The fourth-order valence-corrected chi connectivity index (χ4v) is 1.68. The molecule has 0 aliphatic rings. The van der Waals surface area contributed by atoms with Crippen LogP contribution in [-0.2, 0) is 0 Å². The number of hydrogen-bond donors (Lipinski definition) is 0. The van der Waals surface area contributed by atoms with Gasteiger partial charge in [-0.2, -0.15) is 0 Å². The maximum atomic E-state index is 11.9. The fraction of sp³-hybridized carbons (Fsp3) is 0.400. The van der Waals surface area contributed by atoms with Gasteiger partial charge in [0, 0.05) is 23.1 Å². The smallest absolute Gasteiger partial charge is 0.162 e. The highest BCUT2D eigenvalue weighted by molar-refractivity contribution is 6.05. The van der Waals surface area contributed by atoms with Crippen molar-refractivity contribution in [2.45, 2.75) is 40.0 Å². The molecule has 0 unspecified atom stereocenters. The minimum absolute atomic E-state index is 0.0116. The molecule has 0 aromatic heterocycles. The summed E-state index contributed by atoms with van der Waals surface area (Å²) in [5, 5.41) is 0. The van der Waals surface area contributed by atoms with Gasteiger partial charge in [-0.05, 0) is 38.5 Å². The molecule has 3 heteroatoms. The zero-order valence-electron chi connectivity index (χ0n) is 11.1. The third kappa shape index (κ3) is 3.62. The van der Waals surface area contributed by atoms with E-state index in [4.69, 9.17) is 0 Å². The Labute approximate surface area is 107 Å². The highest BCUT2D eigenvalue weighted by Gasteiger charge is 2.12. The number of hydrogen-bond acceptors (Lipinski definition) is 3. The zero-order valence-corrected chi connectivity index (χ0v) is 11.1. The van der Waals surface area contributed by atoms with Crippen LogP contribution in [0.2, 0.25) is 0 Å². The van der Waals surface area contributed by atoms with Gasteiger partial charge in [0.1, 0.15) is 0 Å². The quantitative estimate of drug-likeness (QED) is 0.722. The molecule has 0 aliphatic carbocycles. The molecule has 0 heterocycles. The second-order valence-corrected chi connectivity index (χ2v) is 4.44. The average Bonchev–Trinajstić information content (AvgIpc) is 2.35. The molecule has 0 fully saturated rings. The van der Waals surface area contributed by atoms with Crippen LogP contribution in [0.4, 0.5) is 0 Å². The third-order valence-electron chi connectivity index (χ3n) is 2.83. The van der Waals surface area contributed by atoms with Gasteiger partial charge >= 0.3 is 0 Å². The zero-order chi connectivity index (χ0) is 13.7. The molecule has 0 radical (unpaired) electrons. The largest absolute Gasteiger partial charge is 0.295 e. The number of Topliss-reactive ketones (excluding diaryl/α,β-unsaturated/α-hetero) is 3. The fourth-order valence-electron chi connectivity index (χ4n) is 1.68. The van der Waals surface area contributed by atoms with Crippen molar-refractivity contribution in [1.82, 2.24) is 0 Å². The highest BCUT2D eigenvalue weighted by Crippen LogP contribution is 2.15. The van der Waals surface area contributed by atoms with Crippen molar-refractivity contribution in [3.05, 3.63) is 34.9 Å². The van der Waals surface area contributed by atoms with Crippen molar-refractivity contribution in [1.29, 1.82) is 0 Å². The van der Waals surface area contributed by atoms with Crippen LogP contribution in [-0.4, -0.2) is 17.3 Å². The van der Waals surface area contributed by atoms with E-state index in [2.05, 4.69) is 0 Å². The van der Waals surface area contributed by atoms with Gasteiger partial charge in [0.25, 0.3) is 0 Å². The Morgan fingerprint density at radius 2 is 1.33 bits per heavy atom. The normalized spacial score (nSPS) is 10.2. The Morgan fingerprint density at radius 1 is 0.889 bits per heavy atom. The molecule has 96 valence electrons. The van der Waals surface area contributed by atoms with Crippen LogP contribution in [0.3, 0.4) is 0 Å². The summed E-state index contributed by atoms with van der Waals surface area (Å²) in [5.41, 5.74) is 1.30. The summed E-state index contributed by atoms with van der Waals surface area (Å²) in [7, 11) is 0. The molecule has 0 saturated carbocycles. The van der Waals surface area contributed by atoms with E-state index in [-0.39, 0.29) is 17.3 Å². The lowest BCUT2D eigenvalue weighted by Crippen LogP contribution is -2.05. The monoisotopic (exact) mass is 246 g/mol. The molecule has 3 nitrogen and oxygen atoms in total. The van der Waals surface area contributed by atoms with E-state index in [0.29, 0.717) is 23.1 Å². The lowest BCUT2D eigenvalue weighted by atomic mass is 9.97. The van der Waals surface area contributed by atoms with Gasteiger partial charge in [-0.15, -0.1) is 0 Å². The van der Waals surface area contributed by atoms with Gasteiger partial charge < -0.3 is 0 Å². The molecule has 0 atom stereocenters. The maximum absolute atomic E-state index is 11.9. The number of unbranched alkanes of at least 4 members (excludes halogenated alkanes) is 1. The molecule has 0 bridgehead atoms. The minimum atomic E-state index is -0.136. The topological polar surface area (TPSA) is 51.2 Å². The second kappa shape index (κ2) is 6.24. The van der Waals surface area contributed by atoms with Crippen molar-refractivity contribution in [2.75, 3.05) is 0 Å². The van der Waals surface area contributed by atoms with Gasteiger partial charge in [-0.1, -0.05) is 13.3 Å². The minimum Gasteiger partial charge on any atom is -0.295 e. The molecule has 18 heavy (non-hydrogen) atoms.